The summed E-state index contributed by atoms with van der Waals surface area (Å²) in [6.07, 6.45) is 4.53. The number of anilines is 1. The lowest BCUT2D eigenvalue weighted by Gasteiger charge is -2.28. The second-order valence-corrected chi connectivity index (χ2v) is 11.9. The van der Waals surface area contributed by atoms with Crippen LogP contribution >= 0.6 is 0 Å². The minimum absolute atomic E-state index is 0.00613. The molecule has 1 aliphatic rings. The minimum atomic E-state index is -4.04. The predicted octanol–water partition coefficient (Wildman–Crippen LogP) is 3.06. The van der Waals surface area contributed by atoms with Crippen LogP contribution in [-0.2, 0) is 30.4 Å². The van der Waals surface area contributed by atoms with Crippen molar-refractivity contribution in [1.29, 1.82) is 0 Å². The van der Waals surface area contributed by atoms with E-state index in [2.05, 4.69) is 17.4 Å². The molecule has 2 heterocycles. The van der Waals surface area contributed by atoms with Crippen LogP contribution in [0.2, 0.25) is 0 Å². The van der Waals surface area contributed by atoms with E-state index in [-0.39, 0.29) is 33.5 Å². The number of rotatable bonds is 10. The second kappa shape index (κ2) is 9.96. The molecule has 2 N–H and O–H groups in total. The molecule has 1 aromatic carbocycles. The molecule has 33 heavy (non-hydrogen) atoms. The molecular weight excluding hydrogens is 470 g/mol. The molecule has 0 bridgehead atoms. The highest BCUT2D eigenvalue weighted by Gasteiger charge is 2.38. The number of aliphatic hydroxyl groups excluding tert-OH is 1. The van der Waals surface area contributed by atoms with Gasteiger partial charge in [-0.2, -0.15) is 0 Å². The van der Waals surface area contributed by atoms with Crippen LogP contribution in [-0.4, -0.2) is 50.1 Å². The van der Waals surface area contributed by atoms with Gasteiger partial charge in [0.25, 0.3) is 15.9 Å². The number of hydrogen-bond acceptors (Lipinski definition) is 8. The molecule has 1 aromatic heterocycles. The fourth-order valence-electron chi connectivity index (χ4n) is 3.51. The number of nitrogens with zero attached hydrogens (tertiary/aromatic N) is 2. The summed E-state index contributed by atoms with van der Waals surface area (Å²) in [5.41, 5.74) is -0.482. The molecule has 0 radical (unpaired) electrons. The van der Waals surface area contributed by atoms with Crippen LogP contribution in [0.3, 0.4) is 0 Å². The second-order valence-electron chi connectivity index (χ2n) is 7.80. The summed E-state index contributed by atoms with van der Waals surface area (Å²) in [6, 6.07) is 7.04. The van der Waals surface area contributed by atoms with Crippen molar-refractivity contribution in [2.45, 2.75) is 49.7 Å². The zero-order chi connectivity index (χ0) is 24.2. The number of amides is 1. The molecule has 12 heteroatoms. The van der Waals surface area contributed by atoms with Crippen LogP contribution in [0.1, 0.15) is 50.4 Å². The molecule has 0 unspecified atom stereocenters. The number of likely N-dealkylation sites (N-methyl/N-ethyl adjacent to an activating group) is 1. The van der Waals surface area contributed by atoms with Gasteiger partial charge in [-0.15, -0.1) is 0 Å². The number of benzene rings is 1. The lowest BCUT2D eigenvalue weighted by atomic mass is 10.1. The number of aromatic nitrogens is 1. The fourth-order valence-corrected chi connectivity index (χ4v) is 6.27. The molecular formula is C21H27N3O7S2. The van der Waals surface area contributed by atoms with E-state index in [4.69, 9.17) is 4.52 Å². The molecule has 0 aliphatic carbocycles. The van der Waals surface area contributed by atoms with Gasteiger partial charge in [0.15, 0.2) is 32.9 Å². The number of carbonyl (C=O) groups excluding carboxylic acids is 1. The molecule has 0 saturated heterocycles. The molecule has 2 aromatic rings. The maximum Gasteiger partial charge on any atom is 0.278 e. The highest BCUT2D eigenvalue weighted by molar-refractivity contribution is 7.90. The Morgan fingerprint density at radius 3 is 2.61 bits per heavy atom. The zero-order valence-electron chi connectivity index (χ0n) is 18.4. The quantitative estimate of drug-likeness (QED) is 0.476. The average Bonchev–Trinajstić information content (AvgIpc) is 3.18. The third kappa shape index (κ3) is 5.56. The van der Waals surface area contributed by atoms with E-state index in [1.54, 1.807) is 6.07 Å². The van der Waals surface area contributed by atoms with Gasteiger partial charge in [-0.3, -0.25) is 9.10 Å². The summed E-state index contributed by atoms with van der Waals surface area (Å²) < 4.78 is 55.8. The lowest BCUT2D eigenvalue weighted by molar-refractivity contribution is -0.113. The van der Waals surface area contributed by atoms with Crippen LogP contribution < -0.4 is 5.32 Å². The SMILES string of the molecule is CCCCCCCS(=O)(=O)Cc1cc(NC(=O)C2=C(O)c3ccccc3S(=O)(=O)N2C)no1. The lowest BCUT2D eigenvalue weighted by Crippen LogP contribution is -2.37. The van der Waals surface area contributed by atoms with Crippen LogP contribution in [0.4, 0.5) is 5.82 Å². The van der Waals surface area contributed by atoms with E-state index in [1.807, 2.05) is 0 Å². The number of unbranched alkanes of at least 4 members (excludes halogenated alkanes) is 4. The van der Waals surface area contributed by atoms with Gasteiger partial charge in [0.05, 0.1) is 10.6 Å². The molecule has 1 aliphatic heterocycles. The molecule has 10 nitrogen and oxygen atoms in total. The molecule has 3 rings (SSSR count). The van der Waals surface area contributed by atoms with Crippen molar-refractivity contribution in [3.8, 4) is 0 Å². The maximum absolute atomic E-state index is 12.8. The van der Waals surface area contributed by atoms with Gasteiger partial charge in [-0.25, -0.2) is 16.8 Å². The summed E-state index contributed by atoms with van der Waals surface area (Å²) in [5, 5.41) is 16.6. The summed E-state index contributed by atoms with van der Waals surface area (Å²) in [5.74, 6) is -1.83. The third-order valence-electron chi connectivity index (χ3n) is 5.26. The maximum atomic E-state index is 12.8. The van der Waals surface area contributed by atoms with E-state index in [9.17, 15) is 26.7 Å². The Kier molecular flexibility index (Phi) is 7.48. The monoisotopic (exact) mass is 497 g/mol. The van der Waals surface area contributed by atoms with Crippen molar-refractivity contribution in [1.82, 2.24) is 9.46 Å². The normalized spacial score (nSPS) is 15.4. The van der Waals surface area contributed by atoms with Crippen molar-refractivity contribution in [3.05, 3.63) is 47.4 Å². The number of carbonyl (C=O) groups is 1. The van der Waals surface area contributed by atoms with Gasteiger partial charge in [0, 0.05) is 18.7 Å². The number of sulfonamides is 1. The Bertz CT molecular complexity index is 1260. The van der Waals surface area contributed by atoms with Gasteiger partial charge in [-0.05, 0) is 18.6 Å². The average molecular weight is 498 g/mol. The standard InChI is InChI=1S/C21H27N3O7S2/c1-3-4-5-6-9-12-32(27,28)14-15-13-18(23-31-15)22-21(26)19-20(25)16-10-7-8-11-17(16)33(29,30)24(19)2/h7-8,10-11,13,25H,3-6,9,12,14H2,1-2H3,(H,22,23,26). The van der Waals surface area contributed by atoms with Gasteiger partial charge < -0.3 is 14.9 Å². The first-order valence-corrected chi connectivity index (χ1v) is 13.8. The highest BCUT2D eigenvalue weighted by Crippen LogP contribution is 2.34. The number of sulfone groups is 1. The summed E-state index contributed by atoms with van der Waals surface area (Å²) in [4.78, 5) is 12.7. The number of aliphatic hydroxyl groups is 1. The Labute approximate surface area is 193 Å². The van der Waals surface area contributed by atoms with Gasteiger partial charge in [-0.1, -0.05) is 49.9 Å². The van der Waals surface area contributed by atoms with E-state index < -0.39 is 37.2 Å². The highest BCUT2D eigenvalue weighted by atomic mass is 32.2. The van der Waals surface area contributed by atoms with E-state index in [0.717, 1.165) is 32.7 Å². The van der Waals surface area contributed by atoms with Crippen molar-refractivity contribution < 1.29 is 31.3 Å². The van der Waals surface area contributed by atoms with Crippen molar-refractivity contribution in [3.63, 3.8) is 0 Å². The summed E-state index contributed by atoms with van der Waals surface area (Å²) in [6.45, 7) is 2.08. The van der Waals surface area contributed by atoms with Crippen molar-refractivity contribution in [2.24, 2.45) is 0 Å². The van der Waals surface area contributed by atoms with Crippen molar-refractivity contribution in [2.75, 3.05) is 18.1 Å². The van der Waals surface area contributed by atoms with E-state index >= 15 is 0 Å². The molecule has 0 saturated carbocycles. The van der Waals surface area contributed by atoms with Crippen LogP contribution in [0.15, 0.2) is 45.4 Å². The largest absolute Gasteiger partial charge is 0.505 e. The number of nitrogens with one attached hydrogen (secondary N) is 1. The summed E-state index contributed by atoms with van der Waals surface area (Å²) >= 11 is 0. The Morgan fingerprint density at radius 1 is 1.18 bits per heavy atom. The first-order valence-electron chi connectivity index (χ1n) is 10.6. The van der Waals surface area contributed by atoms with Crippen LogP contribution in [0.5, 0.6) is 0 Å². The van der Waals surface area contributed by atoms with E-state index in [0.29, 0.717) is 10.7 Å². The first-order chi connectivity index (χ1) is 15.6. The van der Waals surface area contributed by atoms with Gasteiger partial charge >= 0.3 is 0 Å². The summed E-state index contributed by atoms with van der Waals surface area (Å²) in [7, 11) is -6.30. The number of fused-ring (bicyclic) bond motifs is 1. The third-order valence-corrected chi connectivity index (χ3v) is 8.71. The fraction of sp³-hybridized carbons (Fsp3) is 0.429. The Hall–Kier alpha value is -2.86. The van der Waals surface area contributed by atoms with Gasteiger partial charge in [0.2, 0.25) is 0 Å². The minimum Gasteiger partial charge on any atom is -0.505 e. The predicted molar refractivity (Wildman–Crippen MR) is 122 cm³/mol. The molecule has 180 valence electrons. The van der Waals surface area contributed by atoms with Crippen LogP contribution in [0, 0.1) is 0 Å². The first kappa shape index (κ1) is 24.8. The zero-order valence-corrected chi connectivity index (χ0v) is 20.1. The molecule has 0 spiro atoms. The van der Waals surface area contributed by atoms with Gasteiger partial charge in [0.1, 0.15) is 5.75 Å². The smallest absolute Gasteiger partial charge is 0.278 e. The topological polar surface area (TPSA) is 147 Å². The molecule has 0 fully saturated rings. The number of hydrogen-bond donors (Lipinski definition) is 2. The Morgan fingerprint density at radius 2 is 1.88 bits per heavy atom. The van der Waals surface area contributed by atoms with Crippen LogP contribution in [0.25, 0.3) is 5.76 Å². The van der Waals surface area contributed by atoms with Crippen molar-refractivity contribution >= 4 is 37.3 Å². The Balaban J connectivity index is 1.71. The van der Waals surface area contributed by atoms with E-state index in [1.165, 1.54) is 24.3 Å². The molecule has 1 amide bonds. The molecule has 0 atom stereocenters.